The molecule has 0 radical (unpaired) electrons. The number of carboxylic acid groups (broad SMARTS) is 1. The van der Waals surface area contributed by atoms with Crippen molar-refractivity contribution < 1.29 is 14.7 Å². The molecule has 18 heavy (non-hydrogen) atoms. The van der Waals surface area contributed by atoms with E-state index in [1.165, 1.54) is 16.7 Å². The maximum absolute atomic E-state index is 12.0. The zero-order chi connectivity index (χ0) is 13.3. The number of anilines is 2. The Labute approximate surface area is 109 Å². The van der Waals surface area contributed by atoms with Crippen LogP contribution in [0.5, 0.6) is 0 Å². The van der Waals surface area contributed by atoms with Crippen LogP contribution in [0.2, 0.25) is 0 Å². The maximum Gasteiger partial charge on any atom is 0.305 e. The van der Waals surface area contributed by atoms with E-state index in [-0.39, 0.29) is 18.4 Å². The highest BCUT2D eigenvalue weighted by Crippen LogP contribution is 2.37. The van der Waals surface area contributed by atoms with Gasteiger partial charge in [0.2, 0.25) is 5.91 Å². The van der Waals surface area contributed by atoms with Crippen LogP contribution >= 0.6 is 11.8 Å². The molecule has 1 heterocycles. The zero-order valence-electron chi connectivity index (χ0n) is 9.92. The van der Waals surface area contributed by atoms with Gasteiger partial charge in [-0.1, -0.05) is 0 Å². The van der Waals surface area contributed by atoms with Gasteiger partial charge in [0.25, 0.3) is 0 Å². The number of hydrogen-bond acceptors (Lipinski definition) is 4. The molecule has 1 aliphatic rings. The average molecular weight is 266 g/mol. The first-order valence-electron chi connectivity index (χ1n) is 5.55. The standard InChI is InChI=1S/C12H14N2O3S/c1-7(4-12(16)17)14-9-5-8(13)2-3-10(9)18-6-11(14)15/h2-3,5,7H,4,6,13H2,1H3,(H,16,17). The van der Waals surface area contributed by atoms with Crippen LogP contribution in [-0.4, -0.2) is 28.8 Å². The molecule has 6 heteroatoms. The van der Waals surface area contributed by atoms with Crippen LogP contribution in [0.15, 0.2) is 23.1 Å². The second-order valence-corrected chi connectivity index (χ2v) is 5.24. The first-order valence-corrected chi connectivity index (χ1v) is 6.54. The summed E-state index contributed by atoms with van der Waals surface area (Å²) in [5.74, 6) is -0.660. The fourth-order valence-corrected chi connectivity index (χ4v) is 2.90. The molecule has 0 aromatic heterocycles. The van der Waals surface area contributed by atoms with Gasteiger partial charge in [-0.25, -0.2) is 0 Å². The summed E-state index contributed by atoms with van der Waals surface area (Å²) in [6.45, 7) is 1.73. The minimum absolute atomic E-state index is 0.0770. The molecule has 0 bridgehead atoms. The first-order chi connectivity index (χ1) is 8.49. The van der Waals surface area contributed by atoms with E-state index in [0.717, 1.165) is 4.90 Å². The van der Waals surface area contributed by atoms with Crippen molar-refractivity contribution in [1.29, 1.82) is 0 Å². The summed E-state index contributed by atoms with van der Waals surface area (Å²) < 4.78 is 0. The van der Waals surface area contributed by atoms with Crippen molar-refractivity contribution in [2.45, 2.75) is 24.3 Å². The van der Waals surface area contributed by atoms with Gasteiger partial charge in [0.05, 0.1) is 17.9 Å². The van der Waals surface area contributed by atoms with Crippen LogP contribution < -0.4 is 10.6 Å². The Balaban J connectivity index is 2.38. The largest absolute Gasteiger partial charge is 0.481 e. The van der Waals surface area contributed by atoms with E-state index >= 15 is 0 Å². The molecule has 1 amide bonds. The lowest BCUT2D eigenvalue weighted by Crippen LogP contribution is -2.43. The molecule has 0 saturated heterocycles. The molecule has 2 rings (SSSR count). The number of carbonyl (C=O) groups excluding carboxylic acids is 1. The number of carbonyl (C=O) groups is 2. The van der Waals surface area contributed by atoms with Crippen molar-refractivity contribution in [1.82, 2.24) is 0 Å². The topological polar surface area (TPSA) is 83.6 Å². The highest BCUT2D eigenvalue weighted by molar-refractivity contribution is 8.00. The summed E-state index contributed by atoms with van der Waals surface area (Å²) in [5.41, 5.74) is 7.01. The van der Waals surface area contributed by atoms with Crippen molar-refractivity contribution in [2.24, 2.45) is 0 Å². The molecule has 5 nitrogen and oxygen atoms in total. The lowest BCUT2D eigenvalue weighted by atomic mass is 10.1. The number of amides is 1. The molecular weight excluding hydrogens is 252 g/mol. The van der Waals surface area contributed by atoms with Crippen LogP contribution in [0.3, 0.4) is 0 Å². The Bertz CT molecular complexity index is 504. The second kappa shape index (κ2) is 4.89. The van der Waals surface area contributed by atoms with Crippen molar-refractivity contribution in [3.05, 3.63) is 18.2 Å². The van der Waals surface area contributed by atoms with Crippen molar-refractivity contribution >= 4 is 35.0 Å². The molecule has 0 saturated carbocycles. The quantitative estimate of drug-likeness (QED) is 0.811. The SMILES string of the molecule is CC(CC(=O)O)N1C(=O)CSc2ccc(N)cc21. The van der Waals surface area contributed by atoms with Crippen LogP contribution in [0.4, 0.5) is 11.4 Å². The molecular formula is C12H14N2O3S. The van der Waals surface area contributed by atoms with Crippen LogP contribution in [0, 0.1) is 0 Å². The number of nitrogen functional groups attached to an aromatic ring is 1. The molecule has 0 aliphatic carbocycles. The summed E-state index contributed by atoms with van der Waals surface area (Å²) in [6.07, 6.45) is -0.0787. The summed E-state index contributed by atoms with van der Waals surface area (Å²) in [5, 5.41) is 8.84. The molecule has 1 atom stereocenters. The highest BCUT2D eigenvalue weighted by atomic mass is 32.2. The monoisotopic (exact) mass is 266 g/mol. The predicted molar refractivity (Wildman–Crippen MR) is 70.8 cm³/mol. The summed E-state index contributed by atoms with van der Waals surface area (Å²) in [7, 11) is 0. The third kappa shape index (κ3) is 2.43. The van der Waals surface area contributed by atoms with Gasteiger partial charge in [0, 0.05) is 16.6 Å². The molecule has 3 N–H and O–H groups in total. The minimum Gasteiger partial charge on any atom is -0.481 e. The van der Waals surface area contributed by atoms with Gasteiger partial charge in [0.1, 0.15) is 0 Å². The molecule has 1 aromatic carbocycles. The van der Waals surface area contributed by atoms with E-state index in [4.69, 9.17) is 10.8 Å². The van der Waals surface area contributed by atoms with E-state index in [9.17, 15) is 9.59 Å². The number of aliphatic carboxylic acids is 1. The lowest BCUT2D eigenvalue weighted by Gasteiger charge is -2.33. The number of hydrogen-bond donors (Lipinski definition) is 2. The van der Waals surface area contributed by atoms with Crippen molar-refractivity contribution in [3.8, 4) is 0 Å². The van der Waals surface area contributed by atoms with E-state index in [0.29, 0.717) is 17.1 Å². The molecule has 96 valence electrons. The Hall–Kier alpha value is -1.69. The van der Waals surface area contributed by atoms with Gasteiger partial charge < -0.3 is 15.7 Å². The van der Waals surface area contributed by atoms with Crippen LogP contribution in [0.25, 0.3) is 0 Å². The van der Waals surface area contributed by atoms with Gasteiger partial charge in [-0.3, -0.25) is 9.59 Å². The van der Waals surface area contributed by atoms with Gasteiger partial charge in [-0.05, 0) is 25.1 Å². The Morgan fingerprint density at radius 2 is 2.33 bits per heavy atom. The number of thioether (sulfide) groups is 1. The van der Waals surface area contributed by atoms with Crippen LogP contribution in [-0.2, 0) is 9.59 Å². The second-order valence-electron chi connectivity index (χ2n) is 4.23. The predicted octanol–water partition coefficient (Wildman–Crippen LogP) is 1.57. The highest BCUT2D eigenvalue weighted by Gasteiger charge is 2.29. The fourth-order valence-electron chi connectivity index (χ4n) is 2.02. The summed E-state index contributed by atoms with van der Waals surface area (Å²) >= 11 is 1.45. The molecule has 1 unspecified atom stereocenters. The van der Waals surface area contributed by atoms with Gasteiger partial charge >= 0.3 is 5.97 Å². The Kier molecular flexibility index (Phi) is 3.47. The van der Waals surface area contributed by atoms with Gasteiger partial charge in [-0.15, -0.1) is 11.8 Å². The first kappa shape index (κ1) is 12.8. The third-order valence-electron chi connectivity index (χ3n) is 2.77. The fraction of sp³-hybridized carbons (Fsp3) is 0.333. The third-order valence-corrected chi connectivity index (χ3v) is 3.82. The normalized spacial score (nSPS) is 16.3. The lowest BCUT2D eigenvalue weighted by molar-refractivity contribution is -0.137. The Morgan fingerprint density at radius 3 is 3.00 bits per heavy atom. The number of nitrogens with zero attached hydrogens (tertiary/aromatic N) is 1. The number of benzene rings is 1. The summed E-state index contributed by atoms with van der Waals surface area (Å²) in [6, 6.07) is 4.98. The number of nitrogens with two attached hydrogens (primary N) is 1. The van der Waals surface area contributed by atoms with E-state index in [1.807, 2.05) is 6.07 Å². The number of carboxylic acids is 1. The smallest absolute Gasteiger partial charge is 0.305 e. The number of rotatable bonds is 3. The van der Waals surface area contributed by atoms with E-state index in [1.54, 1.807) is 19.1 Å². The zero-order valence-corrected chi connectivity index (χ0v) is 10.7. The maximum atomic E-state index is 12.0. The van der Waals surface area contributed by atoms with Crippen molar-refractivity contribution in [3.63, 3.8) is 0 Å². The molecule has 1 aliphatic heterocycles. The average Bonchev–Trinajstić information content (AvgIpc) is 2.27. The van der Waals surface area contributed by atoms with Crippen molar-refractivity contribution in [2.75, 3.05) is 16.4 Å². The summed E-state index contributed by atoms with van der Waals surface area (Å²) in [4.78, 5) is 25.2. The van der Waals surface area contributed by atoms with Crippen LogP contribution in [0.1, 0.15) is 13.3 Å². The number of fused-ring (bicyclic) bond motifs is 1. The van der Waals surface area contributed by atoms with Gasteiger partial charge in [0.15, 0.2) is 0 Å². The molecule has 0 spiro atoms. The van der Waals surface area contributed by atoms with E-state index in [2.05, 4.69) is 0 Å². The van der Waals surface area contributed by atoms with Gasteiger partial charge in [-0.2, -0.15) is 0 Å². The minimum atomic E-state index is -0.918. The molecule has 0 fully saturated rings. The van der Waals surface area contributed by atoms with E-state index < -0.39 is 5.97 Å². The Morgan fingerprint density at radius 1 is 1.61 bits per heavy atom. The molecule has 1 aromatic rings.